The Morgan fingerprint density at radius 3 is 2.50 bits per heavy atom. The van der Waals surface area contributed by atoms with Crippen molar-refractivity contribution in [2.75, 3.05) is 0 Å². The minimum absolute atomic E-state index is 0.290. The fourth-order valence-electron chi connectivity index (χ4n) is 1.74. The van der Waals surface area contributed by atoms with Gasteiger partial charge >= 0.3 is 6.18 Å². The number of alkyl halides is 3. The summed E-state index contributed by atoms with van der Waals surface area (Å²) in [7, 11) is 0. The van der Waals surface area contributed by atoms with Crippen molar-refractivity contribution >= 4 is 12.2 Å². The molecular weight excluding hydrogens is 292 g/mol. The van der Waals surface area contributed by atoms with Crippen LogP contribution in [0.2, 0.25) is 0 Å². The molecule has 2 rings (SSSR count). The van der Waals surface area contributed by atoms with Gasteiger partial charge in [-0.05, 0) is 18.2 Å². The highest BCUT2D eigenvalue weighted by atomic mass is 32.1. The lowest BCUT2D eigenvalue weighted by Gasteiger charge is -2.10. The molecule has 0 amide bonds. The Bertz CT molecular complexity index is 692. The summed E-state index contributed by atoms with van der Waals surface area (Å²) in [6, 6.07) is 4.24. The molecule has 0 aliphatic rings. The number of H-pyrrole nitrogens is 1. The van der Waals surface area contributed by atoms with Crippen LogP contribution in [0.1, 0.15) is 18.3 Å². The van der Waals surface area contributed by atoms with E-state index in [1.54, 1.807) is 0 Å². The van der Waals surface area contributed by atoms with Crippen LogP contribution in [0.3, 0.4) is 0 Å². The highest BCUT2D eigenvalue weighted by molar-refractivity contribution is 7.71. The molecule has 2 nitrogen and oxygen atoms in total. The lowest BCUT2D eigenvalue weighted by molar-refractivity contribution is -0.139. The number of aryl methyl sites for hydroxylation is 1. The van der Waals surface area contributed by atoms with Gasteiger partial charge in [-0.3, -0.25) is 0 Å². The molecule has 106 valence electrons. The Hall–Kier alpha value is -1.76. The number of halogens is 4. The number of aromatic amines is 1. The SMILES string of the molecule is CCc1nc(=S)cc(-c2ccc(C(F)(F)F)c(F)c2)[nH]1. The highest BCUT2D eigenvalue weighted by Gasteiger charge is 2.33. The van der Waals surface area contributed by atoms with Crippen molar-refractivity contribution in [2.45, 2.75) is 19.5 Å². The summed E-state index contributed by atoms with van der Waals surface area (Å²) >= 11 is 4.97. The van der Waals surface area contributed by atoms with Crippen molar-refractivity contribution in [3.05, 3.63) is 46.1 Å². The molecule has 7 heteroatoms. The molecule has 0 unspecified atom stereocenters. The van der Waals surface area contributed by atoms with Gasteiger partial charge < -0.3 is 4.98 Å². The second kappa shape index (κ2) is 5.32. The number of nitrogens with one attached hydrogen (secondary N) is 1. The number of hydrogen-bond acceptors (Lipinski definition) is 2. The van der Waals surface area contributed by atoms with E-state index in [1.165, 1.54) is 12.1 Å². The van der Waals surface area contributed by atoms with Crippen LogP contribution >= 0.6 is 12.2 Å². The number of hydrogen-bond donors (Lipinski definition) is 1. The molecule has 0 bridgehead atoms. The van der Waals surface area contributed by atoms with Crippen LogP contribution in [0.25, 0.3) is 11.3 Å². The van der Waals surface area contributed by atoms with E-state index in [9.17, 15) is 17.6 Å². The summed E-state index contributed by atoms with van der Waals surface area (Å²) in [5, 5.41) is 0. The maximum Gasteiger partial charge on any atom is 0.419 e. The van der Waals surface area contributed by atoms with Gasteiger partial charge in [0.2, 0.25) is 0 Å². The topological polar surface area (TPSA) is 28.7 Å². The van der Waals surface area contributed by atoms with Gasteiger partial charge in [-0.1, -0.05) is 25.2 Å². The lowest BCUT2D eigenvalue weighted by atomic mass is 10.1. The van der Waals surface area contributed by atoms with E-state index in [0.29, 0.717) is 34.2 Å². The van der Waals surface area contributed by atoms with Crippen molar-refractivity contribution in [1.82, 2.24) is 9.97 Å². The lowest BCUT2D eigenvalue weighted by Crippen LogP contribution is -2.08. The fraction of sp³-hybridized carbons (Fsp3) is 0.231. The standard InChI is InChI=1S/C13H10F4N2S/c1-2-11-18-10(6-12(20)19-11)7-3-4-8(9(14)5-7)13(15,16)17/h3-6H,2H2,1H3,(H,18,19,20). The molecule has 0 aliphatic carbocycles. The predicted octanol–water partition coefficient (Wildman–Crippen LogP) is 4.53. The maximum atomic E-state index is 13.5. The molecule has 0 atom stereocenters. The van der Waals surface area contributed by atoms with E-state index in [0.717, 1.165) is 6.07 Å². The van der Waals surface area contributed by atoms with Crippen molar-refractivity contribution in [1.29, 1.82) is 0 Å². The first-order valence-electron chi connectivity index (χ1n) is 5.78. The molecule has 0 fully saturated rings. The van der Waals surface area contributed by atoms with E-state index in [1.807, 2.05) is 6.92 Å². The van der Waals surface area contributed by atoms with Gasteiger partial charge in [0.25, 0.3) is 0 Å². The van der Waals surface area contributed by atoms with Gasteiger partial charge in [-0.15, -0.1) is 0 Å². The van der Waals surface area contributed by atoms with E-state index < -0.39 is 17.6 Å². The number of rotatable bonds is 2. The molecule has 0 spiro atoms. The number of benzene rings is 1. The van der Waals surface area contributed by atoms with Gasteiger partial charge in [0, 0.05) is 17.7 Å². The minimum Gasteiger partial charge on any atom is -0.343 e. The van der Waals surface area contributed by atoms with E-state index in [-0.39, 0.29) is 0 Å². The van der Waals surface area contributed by atoms with Crippen molar-refractivity contribution in [3.63, 3.8) is 0 Å². The number of aromatic nitrogens is 2. The molecule has 0 radical (unpaired) electrons. The first-order valence-corrected chi connectivity index (χ1v) is 6.19. The van der Waals surface area contributed by atoms with Crippen LogP contribution in [0, 0.1) is 10.5 Å². The first kappa shape index (κ1) is 14.6. The van der Waals surface area contributed by atoms with E-state index >= 15 is 0 Å². The molecule has 0 saturated heterocycles. The molecule has 1 aromatic carbocycles. The third kappa shape index (κ3) is 3.04. The Morgan fingerprint density at radius 1 is 1.25 bits per heavy atom. The van der Waals surface area contributed by atoms with Gasteiger partial charge in [-0.25, -0.2) is 9.37 Å². The zero-order valence-electron chi connectivity index (χ0n) is 10.4. The minimum atomic E-state index is -4.71. The fourth-order valence-corrected chi connectivity index (χ4v) is 1.97. The Kier molecular flexibility index (Phi) is 3.89. The third-order valence-corrected chi connectivity index (χ3v) is 2.92. The molecule has 1 N–H and O–H groups in total. The Labute approximate surface area is 117 Å². The van der Waals surface area contributed by atoms with Crippen LogP contribution in [0.5, 0.6) is 0 Å². The van der Waals surface area contributed by atoms with Gasteiger partial charge in [-0.2, -0.15) is 13.2 Å². The van der Waals surface area contributed by atoms with Crippen LogP contribution in [0.4, 0.5) is 17.6 Å². The summed E-state index contributed by atoms with van der Waals surface area (Å²) in [6.07, 6.45) is -4.12. The Morgan fingerprint density at radius 2 is 1.95 bits per heavy atom. The highest BCUT2D eigenvalue weighted by Crippen LogP contribution is 2.33. The van der Waals surface area contributed by atoms with Crippen molar-refractivity contribution < 1.29 is 17.6 Å². The smallest absolute Gasteiger partial charge is 0.343 e. The largest absolute Gasteiger partial charge is 0.419 e. The maximum absolute atomic E-state index is 13.5. The first-order chi connectivity index (χ1) is 9.31. The quantitative estimate of drug-likeness (QED) is 0.652. The van der Waals surface area contributed by atoms with Crippen LogP contribution in [0.15, 0.2) is 24.3 Å². The normalized spacial score (nSPS) is 11.7. The zero-order valence-corrected chi connectivity index (χ0v) is 11.2. The summed E-state index contributed by atoms with van der Waals surface area (Å²) in [5.41, 5.74) is -0.558. The Balaban J connectivity index is 2.52. The third-order valence-electron chi connectivity index (χ3n) is 2.71. The summed E-state index contributed by atoms with van der Waals surface area (Å²) in [5.74, 6) is -0.725. The molecule has 2 aromatic rings. The van der Waals surface area contributed by atoms with E-state index in [4.69, 9.17) is 12.2 Å². The summed E-state index contributed by atoms with van der Waals surface area (Å²) < 4.78 is 51.3. The zero-order chi connectivity index (χ0) is 14.9. The molecule has 0 saturated carbocycles. The van der Waals surface area contributed by atoms with Crippen molar-refractivity contribution in [2.24, 2.45) is 0 Å². The molecule has 1 heterocycles. The van der Waals surface area contributed by atoms with Gasteiger partial charge in [0.15, 0.2) is 0 Å². The van der Waals surface area contributed by atoms with Crippen LogP contribution < -0.4 is 0 Å². The summed E-state index contributed by atoms with van der Waals surface area (Å²) in [6.45, 7) is 1.85. The van der Waals surface area contributed by atoms with Gasteiger partial charge in [0.05, 0.1) is 5.56 Å². The second-order valence-electron chi connectivity index (χ2n) is 4.13. The molecule has 0 aliphatic heterocycles. The molecule has 20 heavy (non-hydrogen) atoms. The predicted molar refractivity (Wildman–Crippen MR) is 69.2 cm³/mol. The van der Waals surface area contributed by atoms with E-state index in [2.05, 4.69) is 9.97 Å². The number of nitrogens with zero attached hydrogens (tertiary/aromatic N) is 1. The molecular formula is C13H10F4N2S. The monoisotopic (exact) mass is 302 g/mol. The average Bonchev–Trinajstić information content (AvgIpc) is 2.36. The van der Waals surface area contributed by atoms with Gasteiger partial charge in [0.1, 0.15) is 16.3 Å². The summed E-state index contributed by atoms with van der Waals surface area (Å²) in [4.78, 5) is 6.95. The average molecular weight is 302 g/mol. The van der Waals surface area contributed by atoms with Crippen LogP contribution in [-0.4, -0.2) is 9.97 Å². The van der Waals surface area contributed by atoms with Crippen LogP contribution in [-0.2, 0) is 12.6 Å². The second-order valence-corrected chi connectivity index (χ2v) is 4.54. The van der Waals surface area contributed by atoms with Crippen molar-refractivity contribution in [3.8, 4) is 11.3 Å². The molecule has 1 aromatic heterocycles.